The normalized spacial score (nSPS) is 11.4. The number of pyridine rings is 1. The third-order valence-electron chi connectivity index (χ3n) is 3.77. The van der Waals surface area contributed by atoms with Gasteiger partial charge in [-0.05, 0) is 32.0 Å². The SMILES string of the molecule is CCN=Cc1c(Br)ccc(C(=O)Nc2cc(Cl)c3nc(C)cn3c2)c1N. The van der Waals surface area contributed by atoms with E-state index in [2.05, 4.69) is 31.2 Å². The van der Waals surface area contributed by atoms with Gasteiger partial charge in [-0.2, -0.15) is 0 Å². The Morgan fingerprint density at radius 3 is 2.96 bits per heavy atom. The number of carbonyl (C=O) groups is 1. The molecule has 3 N–H and O–H groups in total. The van der Waals surface area contributed by atoms with Crippen molar-refractivity contribution in [2.75, 3.05) is 17.6 Å². The number of anilines is 2. The minimum absolute atomic E-state index is 0.326. The highest BCUT2D eigenvalue weighted by Crippen LogP contribution is 2.27. The molecule has 134 valence electrons. The Kier molecular flexibility index (Phi) is 5.29. The van der Waals surface area contributed by atoms with E-state index in [4.69, 9.17) is 17.3 Å². The molecule has 0 aliphatic heterocycles. The molecule has 26 heavy (non-hydrogen) atoms. The molecule has 0 aliphatic rings. The number of aromatic nitrogens is 2. The lowest BCUT2D eigenvalue weighted by Gasteiger charge is -2.11. The summed E-state index contributed by atoms with van der Waals surface area (Å²) in [6, 6.07) is 5.10. The molecule has 8 heteroatoms. The van der Waals surface area contributed by atoms with E-state index >= 15 is 0 Å². The molecule has 1 aromatic carbocycles. The zero-order chi connectivity index (χ0) is 18.8. The molecule has 0 saturated heterocycles. The number of nitrogen functional groups attached to an aromatic ring is 1. The van der Waals surface area contributed by atoms with Crippen molar-refractivity contribution in [2.45, 2.75) is 13.8 Å². The second kappa shape index (κ2) is 7.47. The molecule has 2 heterocycles. The van der Waals surface area contributed by atoms with E-state index in [1.54, 1.807) is 35.0 Å². The Morgan fingerprint density at radius 2 is 2.23 bits per heavy atom. The van der Waals surface area contributed by atoms with Gasteiger partial charge in [0.1, 0.15) is 0 Å². The van der Waals surface area contributed by atoms with Gasteiger partial charge in [-0.15, -0.1) is 0 Å². The Bertz CT molecular complexity index is 1030. The standard InChI is InChI=1S/C18H17BrClN5O/c1-3-22-7-13-14(19)5-4-12(16(13)21)18(26)24-11-6-15(20)17-23-10(2)8-25(17)9-11/h4-9H,3,21H2,1-2H3,(H,24,26). The Balaban J connectivity index is 1.94. The fourth-order valence-electron chi connectivity index (χ4n) is 2.57. The molecule has 0 unspecified atom stereocenters. The maximum absolute atomic E-state index is 12.7. The van der Waals surface area contributed by atoms with Crippen LogP contribution in [0, 0.1) is 6.92 Å². The minimum Gasteiger partial charge on any atom is -0.398 e. The summed E-state index contributed by atoms with van der Waals surface area (Å²) in [5.41, 5.74) is 9.62. The first-order valence-electron chi connectivity index (χ1n) is 7.94. The first kappa shape index (κ1) is 18.4. The number of nitrogens with zero attached hydrogens (tertiary/aromatic N) is 3. The number of imidazole rings is 1. The van der Waals surface area contributed by atoms with Gasteiger partial charge in [0.25, 0.3) is 5.91 Å². The van der Waals surface area contributed by atoms with Crippen LogP contribution in [0.5, 0.6) is 0 Å². The Hall–Kier alpha value is -2.38. The van der Waals surface area contributed by atoms with Crippen molar-refractivity contribution in [1.29, 1.82) is 0 Å². The summed E-state index contributed by atoms with van der Waals surface area (Å²) in [4.78, 5) is 21.2. The molecule has 0 atom stereocenters. The number of aliphatic imine (C=N–C) groups is 1. The number of nitrogens with one attached hydrogen (secondary N) is 1. The van der Waals surface area contributed by atoms with Crippen molar-refractivity contribution in [2.24, 2.45) is 4.99 Å². The summed E-state index contributed by atoms with van der Waals surface area (Å²) >= 11 is 9.69. The quantitative estimate of drug-likeness (QED) is 0.473. The molecule has 3 rings (SSSR count). The summed E-state index contributed by atoms with van der Waals surface area (Å²) in [6.45, 7) is 4.43. The molecule has 0 fully saturated rings. The molecule has 0 bridgehead atoms. The van der Waals surface area contributed by atoms with Crippen LogP contribution >= 0.6 is 27.5 Å². The molecular weight excluding hydrogens is 418 g/mol. The van der Waals surface area contributed by atoms with Crippen LogP contribution in [-0.4, -0.2) is 28.1 Å². The summed E-state index contributed by atoms with van der Waals surface area (Å²) < 4.78 is 2.56. The van der Waals surface area contributed by atoms with E-state index in [0.717, 1.165) is 10.2 Å². The van der Waals surface area contributed by atoms with Gasteiger partial charge in [0.05, 0.1) is 27.7 Å². The van der Waals surface area contributed by atoms with Gasteiger partial charge in [0.2, 0.25) is 0 Å². The first-order valence-corrected chi connectivity index (χ1v) is 9.11. The Morgan fingerprint density at radius 1 is 1.46 bits per heavy atom. The van der Waals surface area contributed by atoms with Crippen molar-refractivity contribution in [1.82, 2.24) is 9.38 Å². The highest BCUT2D eigenvalue weighted by molar-refractivity contribution is 9.10. The average Bonchev–Trinajstić information content (AvgIpc) is 2.95. The number of fused-ring (bicyclic) bond motifs is 1. The predicted octanol–water partition coefficient (Wildman–Crippen LogP) is 4.33. The predicted molar refractivity (Wildman–Crippen MR) is 110 cm³/mol. The zero-order valence-corrected chi connectivity index (χ0v) is 16.6. The number of hydrogen-bond donors (Lipinski definition) is 2. The van der Waals surface area contributed by atoms with Gasteiger partial charge in [-0.25, -0.2) is 4.98 Å². The fraction of sp³-hybridized carbons (Fsp3) is 0.167. The van der Waals surface area contributed by atoms with Gasteiger partial charge < -0.3 is 15.5 Å². The highest BCUT2D eigenvalue weighted by Gasteiger charge is 2.15. The van der Waals surface area contributed by atoms with Crippen LogP contribution in [-0.2, 0) is 0 Å². The maximum Gasteiger partial charge on any atom is 0.257 e. The van der Waals surface area contributed by atoms with Crippen LogP contribution in [0.2, 0.25) is 5.02 Å². The first-order chi connectivity index (χ1) is 12.4. The summed E-state index contributed by atoms with van der Waals surface area (Å²) in [6.07, 6.45) is 5.26. The summed E-state index contributed by atoms with van der Waals surface area (Å²) in [5.74, 6) is -0.326. The van der Waals surface area contributed by atoms with Crippen molar-refractivity contribution in [3.8, 4) is 0 Å². The third-order valence-corrected chi connectivity index (χ3v) is 4.74. The summed E-state index contributed by atoms with van der Waals surface area (Å²) in [7, 11) is 0. The second-order valence-corrected chi connectivity index (χ2v) is 6.96. The highest BCUT2D eigenvalue weighted by atomic mass is 79.9. The maximum atomic E-state index is 12.7. The number of aryl methyl sites for hydroxylation is 1. The van der Waals surface area contributed by atoms with E-state index in [1.165, 1.54) is 0 Å². The van der Waals surface area contributed by atoms with E-state index in [0.29, 0.717) is 39.7 Å². The van der Waals surface area contributed by atoms with Crippen molar-refractivity contribution in [3.05, 3.63) is 56.9 Å². The van der Waals surface area contributed by atoms with Crippen molar-refractivity contribution >= 4 is 56.7 Å². The average molecular weight is 435 g/mol. The van der Waals surface area contributed by atoms with Crippen LogP contribution in [0.1, 0.15) is 28.5 Å². The van der Waals surface area contributed by atoms with E-state index < -0.39 is 0 Å². The smallest absolute Gasteiger partial charge is 0.257 e. The summed E-state index contributed by atoms with van der Waals surface area (Å²) in [5, 5.41) is 3.29. The molecule has 0 aliphatic carbocycles. The number of nitrogens with two attached hydrogens (primary N) is 1. The lowest BCUT2D eigenvalue weighted by molar-refractivity contribution is 0.102. The number of amides is 1. The molecule has 6 nitrogen and oxygen atoms in total. The fourth-order valence-corrected chi connectivity index (χ4v) is 3.27. The lowest BCUT2D eigenvalue weighted by atomic mass is 10.1. The molecule has 0 radical (unpaired) electrons. The number of benzene rings is 1. The topological polar surface area (TPSA) is 84.8 Å². The van der Waals surface area contributed by atoms with Crippen LogP contribution < -0.4 is 11.1 Å². The second-order valence-electron chi connectivity index (χ2n) is 5.69. The van der Waals surface area contributed by atoms with Crippen LogP contribution in [0.4, 0.5) is 11.4 Å². The number of hydrogen-bond acceptors (Lipinski definition) is 4. The molecule has 0 saturated carbocycles. The molecule has 2 aromatic heterocycles. The van der Waals surface area contributed by atoms with Crippen molar-refractivity contribution in [3.63, 3.8) is 0 Å². The zero-order valence-electron chi connectivity index (χ0n) is 14.3. The van der Waals surface area contributed by atoms with E-state index in [1.807, 2.05) is 20.0 Å². The van der Waals surface area contributed by atoms with Gasteiger partial charge in [0.15, 0.2) is 5.65 Å². The van der Waals surface area contributed by atoms with Gasteiger partial charge in [-0.1, -0.05) is 27.5 Å². The largest absolute Gasteiger partial charge is 0.398 e. The molecule has 0 spiro atoms. The Labute approximate surface area is 164 Å². The van der Waals surface area contributed by atoms with Crippen molar-refractivity contribution < 1.29 is 4.79 Å². The van der Waals surface area contributed by atoms with Crippen LogP contribution in [0.15, 0.2) is 40.1 Å². The van der Waals surface area contributed by atoms with Crippen LogP contribution in [0.25, 0.3) is 5.65 Å². The third kappa shape index (κ3) is 3.59. The van der Waals surface area contributed by atoms with Gasteiger partial charge in [-0.3, -0.25) is 9.79 Å². The number of rotatable bonds is 4. The number of carbonyl (C=O) groups excluding carboxylic acids is 1. The van der Waals surface area contributed by atoms with E-state index in [9.17, 15) is 4.79 Å². The molecular formula is C18H17BrClN5O. The number of halogens is 2. The van der Waals surface area contributed by atoms with Crippen LogP contribution in [0.3, 0.4) is 0 Å². The van der Waals surface area contributed by atoms with Gasteiger partial charge >= 0.3 is 0 Å². The monoisotopic (exact) mass is 433 g/mol. The van der Waals surface area contributed by atoms with E-state index in [-0.39, 0.29) is 5.91 Å². The minimum atomic E-state index is -0.326. The lowest BCUT2D eigenvalue weighted by Crippen LogP contribution is -2.15. The molecule has 3 aromatic rings. The molecule has 1 amide bonds. The van der Waals surface area contributed by atoms with Gasteiger partial charge in [0, 0.05) is 35.2 Å².